The molecule has 2 heterocycles. The topological polar surface area (TPSA) is 107 Å². The molecule has 8 nitrogen and oxygen atoms in total. The van der Waals surface area contributed by atoms with Gasteiger partial charge in [-0.15, -0.1) is 11.3 Å². The quantitative estimate of drug-likeness (QED) is 0.387. The molecular weight excluding hydrogens is 368 g/mol. The number of carbonyl (C=O) groups is 1. The van der Waals surface area contributed by atoms with Gasteiger partial charge < -0.3 is 10.1 Å². The number of rotatable bonds is 6. The lowest BCUT2D eigenvalue weighted by atomic mass is 10.1. The van der Waals surface area contributed by atoms with Crippen molar-refractivity contribution < 1.29 is 14.5 Å². The first kappa shape index (κ1) is 18.7. The third kappa shape index (κ3) is 3.59. The number of fused-ring (bicyclic) bond motifs is 1. The summed E-state index contributed by atoms with van der Waals surface area (Å²) in [6.45, 7) is 5.98. The van der Waals surface area contributed by atoms with Crippen molar-refractivity contribution in [3.05, 3.63) is 56.2 Å². The minimum atomic E-state index is -0.392. The van der Waals surface area contributed by atoms with Crippen LogP contribution in [0.3, 0.4) is 0 Å². The Labute approximate surface area is 159 Å². The summed E-state index contributed by atoms with van der Waals surface area (Å²) in [6.07, 6.45) is 1.43. The van der Waals surface area contributed by atoms with Crippen LogP contribution in [0.5, 0.6) is 0 Å². The largest absolute Gasteiger partial charge is 0.462 e. The van der Waals surface area contributed by atoms with Gasteiger partial charge >= 0.3 is 5.97 Å². The van der Waals surface area contributed by atoms with Crippen LogP contribution in [0.15, 0.2) is 24.5 Å². The number of thiophene rings is 1. The maximum Gasteiger partial charge on any atom is 0.348 e. The lowest BCUT2D eigenvalue weighted by molar-refractivity contribution is -0.385. The molecule has 0 aliphatic heterocycles. The highest BCUT2D eigenvalue weighted by Crippen LogP contribution is 2.34. The summed E-state index contributed by atoms with van der Waals surface area (Å²) >= 11 is 1.26. The van der Waals surface area contributed by atoms with Crippen molar-refractivity contribution in [2.75, 3.05) is 11.9 Å². The molecule has 0 bridgehead atoms. The second kappa shape index (κ2) is 7.67. The Morgan fingerprint density at radius 1 is 1.30 bits per heavy atom. The van der Waals surface area contributed by atoms with Gasteiger partial charge in [-0.3, -0.25) is 10.1 Å². The third-order valence-electron chi connectivity index (χ3n) is 4.25. The molecule has 3 rings (SSSR count). The lowest BCUT2D eigenvalue weighted by Crippen LogP contribution is -2.06. The number of hydrogen-bond donors (Lipinski definition) is 1. The smallest absolute Gasteiger partial charge is 0.348 e. The highest BCUT2D eigenvalue weighted by Gasteiger charge is 2.20. The van der Waals surface area contributed by atoms with E-state index in [4.69, 9.17) is 4.74 Å². The Hall–Kier alpha value is -3.07. The van der Waals surface area contributed by atoms with E-state index in [2.05, 4.69) is 15.3 Å². The van der Waals surface area contributed by atoms with Crippen LogP contribution in [0, 0.1) is 24.0 Å². The summed E-state index contributed by atoms with van der Waals surface area (Å²) in [7, 11) is 0. The Bertz CT molecular complexity index is 1030. The molecule has 0 aliphatic rings. The second-order valence-electron chi connectivity index (χ2n) is 5.85. The summed E-state index contributed by atoms with van der Waals surface area (Å²) in [5.41, 5.74) is 2.25. The van der Waals surface area contributed by atoms with E-state index in [0.717, 1.165) is 16.5 Å². The number of benzene rings is 1. The fourth-order valence-electron chi connectivity index (χ4n) is 2.84. The van der Waals surface area contributed by atoms with Gasteiger partial charge in [-0.25, -0.2) is 14.8 Å². The van der Waals surface area contributed by atoms with E-state index in [-0.39, 0.29) is 11.7 Å². The van der Waals surface area contributed by atoms with E-state index in [1.165, 1.54) is 23.7 Å². The zero-order valence-electron chi connectivity index (χ0n) is 15.1. The first-order chi connectivity index (χ1) is 12.9. The Morgan fingerprint density at radius 3 is 2.78 bits per heavy atom. The number of hydrogen-bond acceptors (Lipinski definition) is 8. The molecule has 0 spiro atoms. The second-order valence-corrected chi connectivity index (χ2v) is 6.85. The summed E-state index contributed by atoms with van der Waals surface area (Å²) in [5.74, 6) is 0.202. The monoisotopic (exact) mass is 386 g/mol. The number of esters is 1. The molecule has 1 N–H and O–H groups in total. The van der Waals surface area contributed by atoms with Gasteiger partial charge in [0.05, 0.1) is 16.9 Å². The van der Waals surface area contributed by atoms with Crippen LogP contribution in [0.1, 0.15) is 33.3 Å². The van der Waals surface area contributed by atoms with Gasteiger partial charge in [0.25, 0.3) is 5.69 Å². The number of nitrogens with one attached hydrogen (secondary N) is 1. The first-order valence-corrected chi connectivity index (χ1v) is 9.13. The van der Waals surface area contributed by atoms with Crippen LogP contribution in [0.25, 0.3) is 10.2 Å². The van der Waals surface area contributed by atoms with Crippen LogP contribution in [0.4, 0.5) is 11.5 Å². The lowest BCUT2D eigenvalue weighted by Gasteiger charge is -2.10. The molecule has 1 aromatic carbocycles. The van der Waals surface area contributed by atoms with Crippen LogP contribution in [-0.2, 0) is 11.3 Å². The molecular formula is C18H18N4O4S. The molecule has 0 unspecified atom stereocenters. The highest BCUT2D eigenvalue weighted by atomic mass is 32.1. The molecule has 0 aliphatic carbocycles. The summed E-state index contributed by atoms with van der Waals surface area (Å²) in [5, 5.41) is 15.1. The molecule has 140 valence electrons. The van der Waals surface area contributed by atoms with E-state index in [1.54, 1.807) is 19.9 Å². The van der Waals surface area contributed by atoms with Crippen molar-refractivity contribution in [3.8, 4) is 0 Å². The van der Waals surface area contributed by atoms with Gasteiger partial charge in [0.2, 0.25) is 0 Å². The molecule has 9 heteroatoms. The number of nitro groups is 1. The van der Waals surface area contributed by atoms with Crippen molar-refractivity contribution in [1.29, 1.82) is 0 Å². The van der Waals surface area contributed by atoms with Gasteiger partial charge in [-0.2, -0.15) is 0 Å². The summed E-state index contributed by atoms with van der Waals surface area (Å²) in [6, 6.07) is 4.97. The SMILES string of the molecule is CCOC(=O)c1sc2ncnc(NCc3cccc([N+](=O)[O-])c3C)c2c1C. The van der Waals surface area contributed by atoms with Crippen LogP contribution >= 0.6 is 11.3 Å². The first-order valence-electron chi connectivity index (χ1n) is 8.32. The molecule has 0 fully saturated rings. The minimum Gasteiger partial charge on any atom is -0.462 e. The average Bonchev–Trinajstić information content (AvgIpc) is 2.98. The van der Waals surface area contributed by atoms with Crippen LogP contribution < -0.4 is 5.32 Å². The highest BCUT2D eigenvalue weighted by molar-refractivity contribution is 7.20. The van der Waals surface area contributed by atoms with E-state index in [0.29, 0.717) is 34.2 Å². The maximum absolute atomic E-state index is 12.1. The third-order valence-corrected chi connectivity index (χ3v) is 5.43. The fourth-order valence-corrected chi connectivity index (χ4v) is 3.88. The summed E-state index contributed by atoms with van der Waals surface area (Å²) in [4.78, 5) is 32.6. The predicted octanol–water partition coefficient (Wildman–Crippen LogP) is 4.01. The molecule has 0 amide bonds. The van der Waals surface area contributed by atoms with Gasteiger partial charge in [-0.1, -0.05) is 12.1 Å². The van der Waals surface area contributed by atoms with E-state index in [9.17, 15) is 14.9 Å². The Balaban J connectivity index is 1.93. The molecule has 0 atom stereocenters. The summed E-state index contributed by atoms with van der Waals surface area (Å²) < 4.78 is 5.10. The normalized spacial score (nSPS) is 10.8. The number of ether oxygens (including phenoxy) is 1. The number of carbonyl (C=O) groups excluding carboxylic acids is 1. The Kier molecular flexibility index (Phi) is 5.31. The van der Waals surface area contributed by atoms with Crippen LogP contribution in [-0.4, -0.2) is 27.5 Å². The van der Waals surface area contributed by atoms with E-state index < -0.39 is 4.92 Å². The van der Waals surface area contributed by atoms with Crippen molar-refractivity contribution in [1.82, 2.24) is 9.97 Å². The minimum absolute atomic E-state index is 0.0819. The maximum atomic E-state index is 12.1. The van der Waals surface area contributed by atoms with E-state index >= 15 is 0 Å². The molecule has 3 aromatic rings. The number of nitro benzene ring substituents is 1. The van der Waals surface area contributed by atoms with Gasteiger partial charge in [-0.05, 0) is 31.9 Å². The van der Waals surface area contributed by atoms with Crippen molar-refractivity contribution in [2.24, 2.45) is 0 Å². The van der Waals surface area contributed by atoms with Crippen molar-refractivity contribution in [2.45, 2.75) is 27.3 Å². The Morgan fingerprint density at radius 2 is 2.07 bits per heavy atom. The molecule has 0 saturated carbocycles. The number of nitrogens with zero attached hydrogens (tertiary/aromatic N) is 3. The van der Waals surface area contributed by atoms with Gasteiger partial charge in [0.15, 0.2) is 0 Å². The average molecular weight is 386 g/mol. The molecule has 0 saturated heterocycles. The van der Waals surface area contributed by atoms with Gasteiger partial charge in [0.1, 0.15) is 21.9 Å². The number of aryl methyl sites for hydroxylation is 1. The zero-order chi connectivity index (χ0) is 19.6. The zero-order valence-corrected chi connectivity index (χ0v) is 15.9. The number of anilines is 1. The number of aromatic nitrogens is 2. The van der Waals surface area contributed by atoms with Gasteiger partial charge in [0, 0.05) is 18.2 Å². The standard InChI is InChI=1S/C18H18N4O4S/c1-4-26-18(23)15-11(3)14-16(20-9-21-17(14)27-15)19-8-12-6-5-7-13(10(12)2)22(24)25/h5-7,9H,4,8H2,1-3H3,(H,19,20,21). The van der Waals surface area contributed by atoms with E-state index in [1.807, 2.05) is 13.0 Å². The van der Waals surface area contributed by atoms with Crippen LogP contribution in [0.2, 0.25) is 0 Å². The predicted molar refractivity (Wildman–Crippen MR) is 103 cm³/mol. The molecule has 27 heavy (non-hydrogen) atoms. The molecule has 2 aromatic heterocycles. The molecule has 0 radical (unpaired) electrons. The van der Waals surface area contributed by atoms with Crippen molar-refractivity contribution in [3.63, 3.8) is 0 Å². The van der Waals surface area contributed by atoms with Crippen molar-refractivity contribution >= 4 is 39.0 Å². The fraction of sp³-hybridized carbons (Fsp3) is 0.278.